The lowest BCUT2D eigenvalue weighted by Gasteiger charge is -2.32. The van der Waals surface area contributed by atoms with Gasteiger partial charge >= 0.3 is 0 Å². The summed E-state index contributed by atoms with van der Waals surface area (Å²) in [5.41, 5.74) is 1.68. The predicted octanol–water partition coefficient (Wildman–Crippen LogP) is 3.51. The third-order valence-electron chi connectivity index (χ3n) is 4.89. The summed E-state index contributed by atoms with van der Waals surface area (Å²) in [6.45, 7) is 9.10. The van der Waals surface area contributed by atoms with Crippen LogP contribution in [0.4, 0.5) is 10.1 Å². The molecule has 8 nitrogen and oxygen atoms in total. The Hall–Kier alpha value is -3.62. The summed E-state index contributed by atoms with van der Waals surface area (Å²) < 4.78 is 14.0. The lowest BCUT2D eigenvalue weighted by molar-refractivity contribution is -0.128. The van der Waals surface area contributed by atoms with Gasteiger partial charge in [0.25, 0.3) is 5.91 Å². The molecule has 0 radical (unpaired) electrons. The van der Waals surface area contributed by atoms with Crippen LogP contribution >= 0.6 is 0 Å². The van der Waals surface area contributed by atoms with E-state index in [4.69, 9.17) is 0 Å². The maximum Gasteiger partial charge on any atom is 0.251 e. The molecule has 9 heteroatoms. The van der Waals surface area contributed by atoms with E-state index in [2.05, 4.69) is 20.7 Å². The molecule has 1 aromatic heterocycles. The van der Waals surface area contributed by atoms with Crippen molar-refractivity contribution in [3.63, 3.8) is 0 Å². The molecule has 1 atom stereocenters. The van der Waals surface area contributed by atoms with Crippen LogP contribution in [0.25, 0.3) is 11.4 Å². The number of aromatic nitrogens is 4. The molecule has 3 aromatic rings. The Morgan fingerprint density at radius 2 is 1.85 bits per heavy atom. The molecule has 0 aliphatic carbocycles. The van der Waals surface area contributed by atoms with Gasteiger partial charge in [-0.25, -0.2) is 4.39 Å². The monoisotopic (exact) mass is 452 g/mol. The fourth-order valence-electron chi connectivity index (χ4n) is 3.39. The van der Waals surface area contributed by atoms with Gasteiger partial charge in [-0.05, 0) is 57.5 Å². The fraction of sp³-hybridized carbons (Fsp3) is 0.375. The fourth-order valence-corrected chi connectivity index (χ4v) is 3.39. The average Bonchev–Trinajstić information content (AvgIpc) is 3.19. The van der Waals surface area contributed by atoms with Crippen LogP contribution in [0.3, 0.4) is 0 Å². The number of anilines is 1. The number of carbonyl (C=O) groups excluding carboxylic acids is 2. The van der Waals surface area contributed by atoms with Crippen LogP contribution in [0.2, 0.25) is 0 Å². The molecule has 0 saturated carbocycles. The minimum atomic E-state index is -0.835. The van der Waals surface area contributed by atoms with E-state index in [9.17, 15) is 14.0 Å². The molecule has 2 aromatic carbocycles. The number of carbonyl (C=O) groups is 2. The maximum atomic E-state index is 14.0. The van der Waals surface area contributed by atoms with E-state index in [1.165, 1.54) is 27.9 Å². The van der Waals surface area contributed by atoms with Crippen LogP contribution in [0.15, 0.2) is 48.5 Å². The van der Waals surface area contributed by atoms with E-state index in [-0.39, 0.29) is 18.1 Å². The topological polar surface area (TPSA) is 93.0 Å². The number of benzene rings is 2. The molecular formula is C24H29FN6O2. The number of amides is 2. The Morgan fingerprint density at radius 1 is 1.15 bits per heavy atom. The van der Waals surface area contributed by atoms with Gasteiger partial charge in [-0.1, -0.05) is 42.8 Å². The van der Waals surface area contributed by atoms with E-state index in [1.54, 1.807) is 13.0 Å². The molecule has 1 N–H and O–H groups in total. The highest BCUT2D eigenvalue weighted by Crippen LogP contribution is 2.22. The molecule has 0 aliphatic heterocycles. The number of aryl methyl sites for hydroxylation is 1. The van der Waals surface area contributed by atoms with Crippen LogP contribution < -0.4 is 10.2 Å². The lowest BCUT2D eigenvalue weighted by Crippen LogP contribution is -2.54. The zero-order valence-electron chi connectivity index (χ0n) is 19.5. The van der Waals surface area contributed by atoms with Gasteiger partial charge in [-0.3, -0.25) is 14.5 Å². The second kappa shape index (κ2) is 9.89. The summed E-state index contributed by atoms with van der Waals surface area (Å²) >= 11 is 0. The molecule has 1 heterocycles. The summed E-state index contributed by atoms with van der Waals surface area (Å²) in [4.78, 5) is 28.9. The van der Waals surface area contributed by atoms with Crippen molar-refractivity contribution in [1.29, 1.82) is 0 Å². The van der Waals surface area contributed by atoms with Gasteiger partial charge in [0.2, 0.25) is 11.7 Å². The highest BCUT2D eigenvalue weighted by Gasteiger charge is 2.32. The quantitative estimate of drug-likeness (QED) is 0.592. The molecule has 0 saturated heterocycles. The van der Waals surface area contributed by atoms with Crippen LogP contribution in [0, 0.1) is 12.7 Å². The second-order valence-electron chi connectivity index (χ2n) is 8.92. The van der Waals surface area contributed by atoms with Gasteiger partial charge in [-0.15, -0.1) is 10.2 Å². The summed E-state index contributed by atoms with van der Waals surface area (Å²) in [5, 5.41) is 15.2. The van der Waals surface area contributed by atoms with Crippen molar-refractivity contribution in [3.8, 4) is 11.4 Å². The number of nitrogens with one attached hydrogen (secondary N) is 1. The number of nitrogens with zero attached hydrogens (tertiary/aromatic N) is 5. The standard InChI is InChI=1S/C24H29FN6O2/c1-6-20(23(33)26-24(3,4)5)31(19-9-7-8-18(25)14-19)21(32)15-30-28-22(27-29-30)17-12-10-16(2)11-13-17/h7-14,20H,6,15H2,1-5H3,(H,26,33). The third-order valence-corrected chi connectivity index (χ3v) is 4.89. The molecule has 0 bridgehead atoms. The van der Waals surface area contributed by atoms with Crippen molar-refractivity contribution in [2.75, 3.05) is 4.90 Å². The Kier molecular flexibility index (Phi) is 7.20. The molecule has 33 heavy (non-hydrogen) atoms. The number of halogens is 1. The van der Waals surface area contributed by atoms with Crippen LogP contribution in [-0.2, 0) is 16.1 Å². The van der Waals surface area contributed by atoms with Crippen molar-refractivity contribution in [1.82, 2.24) is 25.5 Å². The molecule has 2 amide bonds. The minimum Gasteiger partial charge on any atom is -0.350 e. The third kappa shape index (κ3) is 6.21. The van der Waals surface area contributed by atoms with E-state index in [1.807, 2.05) is 52.0 Å². The smallest absolute Gasteiger partial charge is 0.251 e. The molecule has 0 fully saturated rings. The Labute approximate surface area is 192 Å². The summed E-state index contributed by atoms with van der Waals surface area (Å²) in [6.07, 6.45) is 0.337. The first-order valence-electron chi connectivity index (χ1n) is 10.8. The van der Waals surface area contributed by atoms with E-state index in [0.29, 0.717) is 12.2 Å². The van der Waals surface area contributed by atoms with E-state index in [0.717, 1.165) is 11.1 Å². The SMILES string of the molecule is CCC(C(=O)NC(C)(C)C)N(C(=O)Cn1nnc(-c2ccc(C)cc2)n1)c1cccc(F)c1. The largest absolute Gasteiger partial charge is 0.350 e. The minimum absolute atomic E-state index is 0.255. The van der Waals surface area contributed by atoms with Crippen molar-refractivity contribution >= 4 is 17.5 Å². The Morgan fingerprint density at radius 3 is 2.45 bits per heavy atom. The highest BCUT2D eigenvalue weighted by molar-refractivity contribution is 6.00. The average molecular weight is 453 g/mol. The first-order valence-corrected chi connectivity index (χ1v) is 10.8. The van der Waals surface area contributed by atoms with Gasteiger partial charge < -0.3 is 5.32 Å². The number of rotatable bonds is 7. The van der Waals surface area contributed by atoms with Crippen molar-refractivity contribution in [3.05, 3.63) is 59.9 Å². The number of tetrazole rings is 1. The van der Waals surface area contributed by atoms with Gasteiger partial charge in [0, 0.05) is 16.8 Å². The molecule has 0 aliphatic rings. The molecule has 174 valence electrons. The maximum absolute atomic E-state index is 14.0. The van der Waals surface area contributed by atoms with Gasteiger partial charge in [0.15, 0.2) is 0 Å². The Bertz CT molecular complexity index is 1120. The summed E-state index contributed by atoms with van der Waals surface area (Å²) in [5.74, 6) is -0.895. The molecule has 0 spiro atoms. The first-order chi connectivity index (χ1) is 15.6. The predicted molar refractivity (Wildman–Crippen MR) is 124 cm³/mol. The van der Waals surface area contributed by atoms with Crippen molar-refractivity contribution < 1.29 is 14.0 Å². The van der Waals surface area contributed by atoms with Gasteiger partial charge in [-0.2, -0.15) is 4.80 Å². The zero-order chi connectivity index (χ0) is 24.2. The summed E-state index contributed by atoms with van der Waals surface area (Å²) in [6, 6.07) is 12.4. The Balaban J connectivity index is 1.89. The first kappa shape index (κ1) is 24.0. The van der Waals surface area contributed by atoms with Gasteiger partial charge in [0.05, 0.1) is 0 Å². The van der Waals surface area contributed by atoms with Crippen LogP contribution in [0.1, 0.15) is 39.7 Å². The normalized spacial score (nSPS) is 12.3. The highest BCUT2D eigenvalue weighted by atomic mass is 19.1. The lowest BCUT2D eigenvalue weighted by atomic mass is 10.1. The zero-order valence-corrected chi connectivity index (χ0v) is 19.5. The van der Waals surface area contributed by atoms with Crippen molar-refractivity contribution in [2.24, 2.45) is 0 Å². The summed E-state index contributed by atoms with van der Waals surface area (Å²) in [7, 11) is 0. The molecule has 1 unspecified atom stereocenters. The molecule has 3 rings (SSSR count). The van der Waals surface area contributed by atoms with E-state index < -0.39 is 23.3 Å². The number of hydrogen-bond acceptors (Lipinski definition) is 5. The van der Waals surface area contributed by atoms with Crippen LogP contribution in [-0.4, -0.2) is 43.6 Å². The van der Waals surface area contributed by atoms with Gasteiger partial charge in [0.1, 0.15) is 18.4 Å². The number of hydrogen-bond donors (Lipinski definition) is 1. The molecular weight excluding hydrogens is 423 g/mol. The van der Waals surface area contributed by atoms with E-state index >= 15 is 0 Å². The van der Waals surface area contributed by atoms with Crippen molar-refractivity contribution in [2.45, 2.75) is 59.2 Å². The van der Waals surface area contributed by atoms with Crippen LogP contribution in [0.5, 0.6) is 0 Å². The second-order valence-corrected chi connectivity index (χ2v) is 8.92.